The second-order valence-electron chi connectivity index (χ2n) is 6.57. The van der Waals surface area contributed by atoms with E-state index >= 15 is 0 Å². The van der Waals surface area contributed by atoms with Crippen molar-refractivity contribution in [2.45, 2.75) is 38.6 Å². The normalized spacial score (nSPS) is 13.3. The molecule has 0 radical (unpaired) electrons. The summed E-state index contributed by atoms with van der Waals surface area (Å²) in [6, 6.07) is 4.07. The number of hydrogen-bond acceptors (Lipinski definition) is 6. The number of nitro groups is 1. The predicted octanol–water partition coefficient (Wildman–Crippen LogP) is 2.01. The second kappa shape index (κ2) is 10.1. The van der Waals surface area contributed by atoms with E-state index in [1.165, 1.54) is 12.1 Å². The van der Waals surface area contributed by atoms with Crippen LogP contribution >= 0.6 is 0 Å². The molecule has 0 bridgehead atoms. The van der Waals surface area contributed by atoms with Gasteiger partial charge in [0.2, 0.25) is 0 Å². The van der Waals surface area contributed by atoms with E-state index < -0.39 is 14.8 Å². The monoisotopic (exact) mass is 399 g/mol. The van der Waals surface area contributed by atoms with Crippen LogP contribution in [0.15, 0.2) is 28.1 Å². The molecule has 0 aliphatic carbocycles. The number of sulfone groups is 1. The Kier molecular flexibility index (Phi) is 8.48. The van der Waals surface area contributed by atoms with Crippen LogP contribution in [0.4, 0.5) is 11.4 Å². The number of nitrogens with zero attached hydrogens (tertiary/aromatic N) is 2. The molecule has 0 heterocycles. The van der Waals surface area contributed by atoms with E-state index in [1.54, 1.807) is 0 Å². The van der Waals surface area contributed by atoms with Crippen LogP contribution in [-0.2, 0) is 9.84 Å². The number of rotatable bonds is 9. The molecule has 3 N–H and O–H groups in total. The number of anilines is 1. The Morgan fingerprint density at radius 3 is 2.48 bits per heavy atom. The zero-order valence-electron chi connectivity index (χ0n) is 16.4. The first-order chi connectivity index (χ1) is 12.6. The number of guanidine groups is 1. The van der Waals surface area contributed by atoms with Gasteiger partial charge in [0, 0.05) is 31.5 Å². The van der Waals surface area contributed by atoms with Crippen molar-refractivity contribution in [2.75, 3.05) is 31.2 Å². The van der Waals surface area contributed by atoms with Gasteiger partial charge in [-0.15, -0.1) is 0 Å². The predicted molar refractivity (Wildman–Crippen MR) is 108 cm³/mol. The van der Waals surface area contributed by atoms with Crippen molar-refractivity contribution in [3.8, 4) is 0 Å². The third-order valence-electron chi connectivity index (χ3n) is 4.00. The molecule has 1 aromatic rings. The van der Waals surface area contributed by atoms with E-state index in [-0.39, 0.29) is 22.3 Å². The molecule has 27 heavy (non-hydrogen) atoms. The van der Waals surface area contributed by atoms with Crippen LogP contribution < -0.4 is 16.0 Å². The number of benzene rings is 1. The van der Waals surface area contributed by atoms with Crippen molar-refractivity contribution in [2.24, 2.45) is 10.9 Å². The third kappa shape index (κ3) is 7.41. The third-order valence-corrected chi connectivity index (χ3v) is 5.11. The summed E-state index contributed by atoms with van der Waals surface area (Å²) in [5, 5.41) is 20.6. The Morgan fingerprint density at radius 1 is 1.30 bits per heavy atom. The molecule has 0 saturated carbocycles. The molecule has 1 aromatic carbocycles. The van der Waals surface area contributed by atoms with Crippen LogP contribution in [0, 0.1) is 16.0 Å². The summed E-state index contributed by atoms with van der Waals surface area (Å²) in [4.78, 5) is 15.0. The van der Waals surface area contributed by atoms with E-state index in [2.05, 4.69) is 41.7 Å². The van der Waals surface area contributed by atoms with Gasteiger partial charge >= 0.3 is 0 Å². The van der Waals surface area contributed by atoms with Gasteiger partial charge in [-0.1, -0.05) is 13.8 Å². The molecule has 0 aliphatic rings. The second-order valence-corrected chi connectivity index (χ2v) is 8.59. The summed E-state index contributed by atoms with van der Waals surface area (Å²) in [5.41, 5.74) is -0.0172. The summed E-state index contributed by atoms with van der Waals surface area (Å²) in [6.45, 7) is 9.76. The molecule has 9 nitrogen and oxygen atoms in total. The van der Waals surface area contributed by atoms with Crippen LogP contribution in [0.25, 0.3) is 0 Å². The highest BCUT2D eigenvalue weighted by Crippen LogP contribution is 2.27. The zero-order valence-corrected chi connectivity index (χ0v) is 17.3. The van der Waals surface area contributed by atoms with Crippen LogP contribution in [0.3, 0.4) is 0 Å². The first-order valence-corrected chi connectivity index (χ1v) is 10.7. The fourth-order valence-electron chi connectivity index (χ4n) is 2.10. The molecule has 0 aromatic heterocycles. The Balaban J connectivity index is 2.80. The van der Waals surface area contributed by atoms with E-state index in [1.807, 2.05) is 6.92 Å². The number of nitro benzene ring substituents is 1. The zero-order chi connectivity index (χ0) is 20.6. The fourth-order valence-corrected chi connectivity index (χ4v) is 2.74. The molecule has 0 saturated heterocycles. The fraction of sp³-hybridized carbons (Fsp3) is 0.588. The van der Waals surface area contributed by atoms with E-state index in [4.69, 9.17) is 0 Å². The Bertz CT molecular complexity index is 778. The average Bonchev–Trinajstić information content (AvgIpc) is 2.57. The van der Waals surface area contributed by atoms with Gasteiger partial charge < -0.3 is 16.0 Å². The SMILES string of the molecule is CCNC(=NCCNc1ccc(S(C)(=O)=O)cc1[N+](=O)[O-])NC(C)C(C)C. The Labute approximate surface area is 160 Å². The van der Waals surface area contributed by atoms with Crippen molar-refractivity contribution < 1.29 is 13.3 Å². The van der Waals surface area contributed by atoms with E-state index in [0.717, 1.165) is 18.9 Å². The van der Waals surface area contributed by atoms with Gasteiger partial charge in [0.25, 0.3) is 5.69 Å². The maximum atomic E-state index is 11.6. The van der Waals surface area contributed by atoms with Gasteiger partial charge in [-0.05, 0) is 31.9 Å². The van der Waals surface area contributed by atoms with Crippen molar-refractivity contribution in [3.63, 3.8) is 0 Å². The molecule has 152 valence electrons. The molecular formula is C17H29N5O4S. The highest BCUT2D eigenvalue weighted by Gasteiger charge is 2.18. The van der Waals surface area contributed by atoms with Gasteiger partial charge in [-0.25, -0.2) is 8.42 Å². The van der Waals surface area contributed by atoms with Crippen molar-refractivity contribution in [3.05, 3.63) is 28.3 Å². The molecule has 1 atom stereocenters. The lowest BCUT2D eigenvalue weighted by molar-refractivity contribution is -0.384. The van der Waals surface area contributed by atoms with Crippen molar-refractivity contribution in [1.29, 1.82) is 0 Å². The molecule has 0 fully saturated rings. The summed E-state index contributed by atoms with van der Waals surface area (Å²) >= 11 is 0. The van der Waals surface area contributed by atoms with Gasteiger partial charge in [0.05, 0.1) is 16.4 Å². The van der Waals surface area contributed by atoms with Crippen LogP contribution in [0.2, 0.25) is 0 Å². The standard InChI is InChI=1S/C17H29N5O4S/c1-6-18-17(21-13(4)12(2)3)20-10-9-19-15-8-7-14(27(5,25)26)11-16(15)22(23)24/h7-8,11-13,19H,6,9-10H2,1-5H3,(H2,18,20,21). The Hall–Kier alpha value is -2.36. The quantitative estimate of drug-likeness (QED) is 0.191. The van der Waals surface area contributed by atoms with E-state index in [9.17, 15) is 18.5 Å². The maximum absolute atomic E-state index is 11.6. The van der Waals surface area contributed by atoms with Crippen LogP contribution in [-0.4, -0.2) is 51.2 Å². The number of hydrogen-bond donors (Lipinski definition) is 3. The molecule has 0 aliphatic heterocycles. The number of aliphatic imine (C=N–C) groups is 1. The van der Waals surface area contributed by atoms with Crippen molar-refractivity contribution >= 4 is 27.2 Å². The minimum absolute atomic E-state index is 0.0842. The van der Waals surface area contributed by atoms with Crippen LogP contribution in [0.5, 0.6) is 0 Å². The van der Waals surface area contributed by atoms with Crippen molar-refractivity contribution in [1.82, 2.24) is 10.6 Å². The first kappa shape index (κ1) is 22.7. The lowest BCUT2D eigenvalue weighted by atomic mass is 10.1. The summed E-state index contributed by atoms with van der Waals surface area (Å²) < 4.78 is 23.2. The summed E-state index contributed by atoms with van der Waals surface area (Å²) in [7, 11) is -3.51. The topological polar surface area (TPSA) is 126 Å². The Morgan fingerprint density at radius 2 is 1.96 bits per heavy atom. The summed E-state index contributed by atoms with van der Waals surface area (Å²) in [5.74, 6) is 1.13. The minimum atomic E-state index is -3.51. The van der Waals surface area contributed by atoms with Gasteiger partial charge in [0.1, 0.15) is 5.69 Å². The number of nitrogens with one attached hydrogen (secondary N) is 3. The van der Waals surface area contributed by atoms with Gasteiger partial charge in [-0.2, -0.15) is 0 Å². The minimum Gasteiger partial charge on any atom is -0.378 e. The molecule has 1 rings (SSSR count). The highest BCUT2D eigenvalue weighted by atomic mass is 32.2. The lowest BCUT2D eigenvalue weighted by Crippen LogP contribution is -2.44. The molecule has 10 heteroatoms. The maximum Gasteiger partial charge on any atom is 0.293 e. The summed E-state index contributed by atoms with van der Waals surface area (Å²) in [6.07, 6.45) is 1.02. The molecule has 1 unspecified atom stereocenters. The van der Waals surface area contributed by atoms with E-state index in [0.29, 0.717) is 25.0 Å². The lowest BCUT2D eigenvalue weighted by Gasteiger charge is -2.20. The highest BCUT2D eigenvalue weighted by molar-refractivity contribution is 7.90. The average molecular weight is 400 g/mol. The molecule has 0 spiro atoms. The largest absolute Gasteiger partial charge is 0.378 e. The smallest absolute Gasteiger partial charge is 0.293 e. The molecular weight excluding hydrogens is 370 g/mol. The molecule has 0 amide bonds. The van der Waals surface area contributed by atoms with Gasteiger partial charge in [0.15, 0.2) is 15.8 Å². The first-order valence-electron chi connectivity index (χ1n) is 8.83. The van der Waals surface area contributed by atoms with Crippen LogP contribution in [0.1, 0.15) is 27.7 Å². The van der Waals surface area contributed by atoms with Gasteiger partial charge in [-0.3, -0.25) is 15.1 Å².